The smallest absolute Gasteiger partial charge is 0.164 e. The largest absolute Gasteiger partial charge is 0.208 e. The molecule has 1 aliphatic carbocycles. The zero-order valence-electron chi connectivity index (χ0n) is 33.9. The molecular formula is C58H39N3. The van der Waals surface area contributed by atoms with Crippen molar-refractivity contribution >= 4 is 43.1 Å². The first-order chi connectivity index (χ1) is 30.0. The van der Waals surface area contributed by atoms with Crippen molar-refractivity contribution in [1.82, 2.24) is 15.0 Å². The van der Waals surface area contributed by atoms with Crippen molar-refractivity contribution in [3.63, 3.8) is 0 Å². The lowest BCUT2D eigenvalue weighted by Gasteiger charge is -2.21. The first kappa shape index (κ1) is 35.2. The molecule has 0 radical (unpaired) electrons. The Morgan fingerprint density at radius 2 is 0.705 bits per heavy atom. The topological polar surface area (TPSA) is 38.7 Å². The van der Waals surface area contributed by atoms with E-state index in [4.69, 9.17) is 15.0 Å². The maximum absolute atomic E-state index is 5.13. The van der Waals surface area contributed by atoms with Gasteiger partial charge in [-0.05, 0) is 99.7 Å². The molecule has 3 nitrogen and oxygen atoms in total. The summed E-state index contributed by atoms with van der Waals surface area (Å²) in [5.74, 6) is 1.98. The van der Waals surface area contributed by atoms with Gasteiger partial charge in [-0.15, -0.1) is 0 Å². The lowest BCUT2D eigenvalue weighted by atomic mass is 9.82. The normalized spacial score (nSPS) is 12.9. The summed E-state index contributed by atoms with van der Waals surface area (Å²) in [6.07, 6.45) is 0. The number of rotatable bonds is 5. The van der Waals surface area contributed by atoms with Crippen molar-refractivity contribution in [3.05, 3.63) is 211 Å². The van der Waals surface area contributed by atoms with Crippen molar-refractivity contribution in [2.45, 2.75) is 19.3 Å². The molecule has 0 atom stereocenters. The molecular weight excluding hydrogens is 739 g/mol. The van der Waals surface area contributed by atoms with Gasteiger partial charge in [-0.1, -0.05) is 202 Å². The Labute approximate surface area is 354 Å². The predicted molar refractivity (Wildman–Crippen MR) is 255 cm³/mol. The minimum absolute atomic E-state index is 0.123. The molecule has 10 aromatic carbocycles. The van der Waals surface area contributed by atoms with Crippen LogP contribution in [0.1, 0.15) is 25.0 Å². The summed E-state index contributed by atoms with van der Waals surface area (Å²) in [6.45, 7) is 4.61. The number of benzene rings is 10. The molecule has 0 spiro atoms. The quantitative estimate of drug-likeness (QED) is 0.163. The zero-order chi connectivity index (χ0) is 40.7. The Kier molecular flexibility index (Phi) is 7.88. The van der Waals surface area contributed by atoms with Crippen molar-refractivity contribution in [3.8, 4) is 67.5 Å². The summed E-state index contributed by atoms with van der Waals surface area (Å²) in [5, 5.41) is 10.3. The molecule has 0 amide bonds. The summed E-state index contributed by atoms with van der Waals surface area (Å²) >= 11 is 0. The van der Waals surface area contributed by atoms with Crippen molar-refractivity contribution in [2.24, 2.45) is 0 Å². The monoisotopic (exact) mass is 777 g/mol. The van der Waals surface area contributed by atoms with E-state index in [1.54, 1.807) is 0 Å². The molecule has 286 valence electrons. The van der Waals surface area contributed by atoms with Gasteiger partial charge in [0.2, 0.25) is 0 Å². The van der Waals surface area contributed by atoms with E-state index in [-0.39, 0.29) is 5.41 Å². The fourth-order valence-corrected chi connectivity index (χ4v) is 9.85. The third-order valence-electron chi connectivity index (χ3n) is 12.9. The second-order valence-corrected chi connectivity index (χ2v) is 16.7. The highest BCUT2D eigenvalue weighted by Crippen LogP contribution is 2.49. The summed E-state index contributed by atoms with van der Waals surface area (Å²) in [7, 11) is 0. The van der Waals surface area contributed by atoms with E-state index in [0.29, 0.717) is 17.5 Å². The van der Waals surface area contributed by atoms with Gasteiger partial charge < -0.3 is 0 Å². The minimum Gasteiger partial charge on any atom is -0.208 e. The van der Waals surface area contributed by atoms with E-state index in [9.17, 15) is 0 Å². The average molecular weight is 778 g/mol. The van der Waals surface area contributed by atoms with Crippen LogP contribution in [0.25, 0.3) is 111 Å². The number of fused-ring (bicyclic) bond motifs is 11. The van der Waals surface area contributed by atoms with Crippen LogP contribution in [0.15, 0.2) is 200 Å². The van der Waals surface area contributed by atoms with Gasteiger partial charge in [0.15, 0.2) is 17.5 Å². The lowest BCUT2D eigenvalue weighted by Crippen LogP contribution is -2.15. The Morgan fingerprint density at radius 1 is 0.279 bits per heavy atom. The summed E-state index contributed by atoms with van der Waals surface area (Å²) < 4.78 is 0. The third-order valence-corrected chi connectivity index (χ3v) is 12.9. The van der Waals surface area contributed by atoms with Crippen LogP contribution in [0.4, 0.5) is 0 Å². The van der Waals surface area contributed by atoms with Crippen LogP contribution in [-0.2, 0) is 5.41 Å². The maximum Gasteiger partial charge on any atom is 0.164 e. The Morgan fingerprint density at radius 3 is 1.36 bits per heavy atom. The summed E-state index contributed by atoms with van der Waals surface area (Å²) in [4.78, 5) is 15.2. The SMILES string of the molecule is CC1(C)c2ccccc2-c2ccc(-c3nc(-c4ccccc4)nc(-c4ccc(-c5ccc(-c6cc7c8ccccc8c8ccccc8c7c7ccccc67)cc5)cc4)n3)cc21. The van der Waals surface area contributed by atoms with Gasteiger partial charge in [0.25, 0.3) is 0 Å². The Bertz CT molecular complexity index is 3530. The van der Waals surface area contributed by atoms with E-state index in [1.165, 1.54) is 76.5 Å². The Balaban J connectivity index is 0.915. The highest BCUT2D eigenvalue weighted by Gasteiger charge is 2.35. The summed E-state index contributed by atoms with van der Waals surface area (Å²) in [6, 6.07) is 72.1. The lowest BCUT2D eigenvalue weighted by molar-refractivity contribution is 0.660. The van der Waals surface area contributed by atoms with Crippen LogP contribution in [0.5, 0.6) is 0 Å². The molecule has 1 aromatic heterocycles. The standard InChI is InChI=1S/C58H39N3/c1-58(2)52-23-13-12-20-46(52)47-33-32-41(34-53(47)58)57-60-55(39-14-4-3-5-15-39)59-56(61-57)40-30-26-37(27-31-40)36-24-28-38(29-25-36)50-35-51-44-18-7-6-16-42(44)43-17-8-10-21-48(43)54(51)49-22-11-9-19-45(49)50/h3-35H,1-2H3. The second kappa shape index (κ2) is 13.7. The predicted octanol–water partition coefficient (Wildman–Crippen LogP) is 15.1. The first-order valence-electron chi connectivity index (χ1n) is 21.0. The highest BCUT2D eigenvalue weighted by atomic mass is 15.0. The zero-order valence-corrected chi connectivity index (χ0v) is 33.9. The van der Waals surface area contributed by atoms with Crippen molar-refractivity contribution < 1.29 is 0 Å². The molecule has 0 saturated carbocycles. The molecule has 0 fully saturated rings. The molecule has 61 heavy (non-hydrogen) atoms. The number of nitrogens with zero attached hydrogens (tertiary/aromatic N) is 3. The third kappa shape index (κ3) is 5.62. The van der Waals surface area contributed by atoms with E-state index in [2.05, 4.69) is 196 Å². The molecule has 0 N–H and O–H groups in total. The van der Waals surface area contributed by atoms with Crippen LogP contribution >= 0.6 is 0 Å². The van der Waals surface area contributed by atoms with Crippen molar-refractivity contribution in [2.75, 3.05) is 0 Å². The second-order valence-electron chi connectivity index (χ2n) is 16.7. The molecule has 12 rings (SSSR count). The van der Waals surface area contributed by atoms with E-state index in [1.807, 2.05) is 18.2 Å². The van der Waals surface area contributed by atoms with Gasteiger partial charge >= 0.3 is 0 Å². The number of aromatic nitrogens is 3. The fraction of sp³-hybridized carbons (Fsp3) is 0.0517. The van der Waals surface area contributed by atoms with Crippen LogP contribution in [0.3, 0.4) is 0 Å². The molecule has 1 aliphatic rings. The molecule has 1 heterocycles. The van der Waals surface area contributed by atoms with Crippen LogP contribution in [0.2, 0.25) is 0 Å². The Hall–Kier alpha value is -7.75. The van der Waals surface area contributed by atoms with Gasteiger partial charge in [-0.2, -0.15) is 0 Å². The minimum atomic E-state index is -0.123. The van der Waals surface area contributed by atoms with Crippen LogP contribution in [-0.4, -0.2) is 15.0 Å². The highest BCUT2D eigenvalue weighted by molar-refractivity contribution is 6.33. The van der Waals surface area contributed by atoms with E-state index >= 15 is 0 Å². The summed E-state index contributed by atoms with van der Waals surface area (Å²) in [5.41, 5.74) is 12.7. The van der Waals surface area contributed by atoms with Gasteiger partial charge in [-0.25, -0.2) is 15.0 Å². The first-order valence-corrected chi connectivity index (χ1v) is 21.0. The molecule has 0 unspecified atom stereocenters. The van der Waals surface area contributed by atoms with Crippen molar-refractivity contribution in [1.29, 1.82) is 0 Å². The van der Waals surface area contributed by atoms with E-state index < -0.39 is 0 Å². The number of hydrogen-bond donors (Lipinski definition) is 0. The van der Waals surface area contributed by atoms with Gasteiger partial charge in [0, 0.05) is 22.1 Å². The van der Waals surface area contributed by atoms with E-state index in [0.717, 1.165) is 27.8 Å². The maximum atomic E-state index is 5.13. The van der Waals surface area contributed by atoms with Gasteiger partial charge in [0.1, 0.15) is 0 Å². The molecule has 0 bridgehead atoms. The molecule has 0 saturated heterocycles. The molecule has 0 aliphatic heterocycles. The molecule has 3 heteroatoms. The van der Waals surface area contributed by atoms with Crippen LogP contribution < -0.4 is 0 Å². The van der Waals surface area contributed by atoms with Gasteiger partial charge in [0.05, 0.1) is 0 Å². The van der Waals surface area contributed by atoms with Gasteiger partial charge in [-0.3, -0.25) is 0 Å². The average Bonchev–Trinajstić information content (AvgIpc) is 3.56. The fourth-order valence-electron chi connectivity index (χ4n) is 9.85. The molecule has 11 aromatic rings. The van der Waals surface area contributed by atoms with Crippen LogP contribution in [0, 0.1) is 0 Å². The number of hydrogen-bond acceptors (Lipinski definition) is 3.